The maximum absolute atomic E-state index is 9.87. The molecule has 0 spiro atoms. The summed E-state index contributed by atoms with van der Waals surface area (Å²) in [6.07, 6.45) is 1.09. The summed E-state index contributed by atoms with van der Waals surface area (Å²) in [5.41, 5.74) is 0. The fourth-order valence-electron chi connectivity index (χ4n) is 0.203. The van der Waals surface area contributed by atoms with Crippen molar-refractivity contribution in [3.63, 3.8) is 0 Å². The monoisotopic (exact) mass is 214 g/mol. The minimum absolute atomic E-state index is 0.164. The number of thiol groups is 3. The van der Waals surface area contributed by atoms with Gasteiger partial charge in [-0.1, -0.05) is 20.3 Å². The lowest BCUT2D eigenvalue weighted by Crippen LogP contribution is -2.10. The lowest BCUT2D eigenvalue weighted by molar-refractivity contribution is -0.136. The van der Waals surface area contributed by atoms with Gasteiger partial charge in [0.2, 0.25) is 0 Å². The number of carbonyl (C=O) groups is 1. The summed E-state index contributed by atoms with van der Waals surface area (Å²) < 4.78 is -0.994. The quantitative estimate of drug-likeness (QED) is 0.421. The summed E-state index contributed by atoms with van der Waals surface area (Å²) in [7, 11) is 0. The normalized spacial score (nSPS) is 9.91. The van der Waals surface area contributed by atoms with Crippen LogP contribution in [-0.2, 0) is 4.79 Å². The molecule has 0 radical (unpaired) electrons. The molecule has 68 valence electrons. The molecule has 0 fully saturated rings. The van der Waals surface area contributed by atoms with Crippen LogP contribution in [-0.4, -0.2) is 14.5 Å². The van der Waals surface area contributed by atoms with Gasteiger partial charge in [-0.2, -0.15) is 37.9 Å². The summed E-state index contributed by atoms with van der Waals surface area (Å²) >= 11 is 11.2. The van der Waals surface area contributed by atoms with Crippen LogP contribution in [0.5, 0.6) is 0 Å². The molecule has 0 heterocycles. The molecular formula is C6H14O2S3. The second-order valence-corrected chi connectivity index (χ2v) is 5.40. The van der Waals surface area contributed by atoms with Crippen LogP contribution in [0.15, 0.2) is 0 Å². The van der Waals surface area contributed by atoms with Gasteiger partial charge in [0.05, 0.1) is 6.42 Å². The zero-order chi connectivity index (χ0) is 9.49. The Labute approximate surface area is 84.0 Å². The molecule has 0 aromatic heterocycles. The molecule has 11 heavy (non-hydrogen) atoms. The van der Waals surface area contributed by atoms with Gasteiger partial charge in [0, 0.05) is 0 Å². The van der Waals surface area contributed by atoms with Crippen LogP contribution >= 0.6 is 37.9 Å². The Morgan fingerprint density at radius 3 is 1.64 bits per heavy atom. The highest BCUT2D eigenvalue weighted by Crippen LogP contribution is 2.27. The Balaban J connectivity index is 0. The molecule has 1 N–H and O–H groups in total. The van der Waals surface area contributed by atoms with Gasteiger partial charge >= 0.3 is 5.97 Å². The van der Waals surface area contributed by atoms with Crippen LogP contribution in [0, 0.1) is 0 Å². The van der Waals surface area contributed by atoms with E-state index in [1.807, 2.05) is 0 Å². The van der Waals surface area contributed by atoms with Crippen molar-refractivity contribution in [2.45, 2.75) is 30.1 Å². The molecule has 0 saturated heterocycles. The SMILES string of the molecule is CCC.O=C(O)CC(S)(S)S. The van der Waals surface area contributed by atoms with Crippen molar-refractivity contribution in [1.29, 1.82) is 0 Å². The van der Waals surface area contributed by atoms with Crippen LogP contribution in [0.4, 0.5) is 0 Å². The van der Waals surface area contributed by atoms with E-state index in [0.717, 1.165) is 0 Å². The lowest BCUT2D eigenvalue weighted by Gasteiger charge is -2.09. The standard InChI is InChI=1S/C3H6O2S3.C3H8/c4-2(5)1-3(6,7)8;1-3-2/h6-8H,1H2,(H,4,5);3H2,1-2H3. The van der Waals surface area contributed by atoms with E-state index < -0.39 is 9.38 Å². The van der Waals surface area contributed by atoms with E-state index in [-0.39, 0.29) is 6.42 Å². The Morgan fingerprint density at radius 1 is 1.36 bits per heavy atom. The summed E-state index contributed by atoms with van der Waals surface area (Å²) in [4.78, 5) is 9.87. The largest absolute Gasteiger partial charge is 0.481 e. The summed E-state index contributed by atoms with van der Waals surface area (Å²) in [5, 5.41) is 8.10. The first-order valence-corrected chi connectivity index (χ1v) is 4.56. The lowest BCUT2D eigenvalue weighted by atomic mass is 10.5. The number of carboxylic acids is 1. The minimum Gasteiger partial charge on any atom is -0.481 e. The molecule has 0 saturated carbocycles. The third kappa shape index (κ3) is 25.1. The Morgan fingerprint density at radius 2 is 1.64 bits per heavy atom. The topological polar surface area (TPSA) is 37.3 Å². The fourth-order valence-corrected chi connectivity index (χ4v) is 0.609. The first-order chi connectivity index (χ1) is 4.83. The molecule has 5 heteroatoms. The molecule has 0 amide bonds. The Bertz CT molecular complexity index is 109. The van der Waals surface area contributed by atoms with Gasteiger partial charge in [0.1, 0.15) is 3.41 Å². The molecule has 0 rings (SSSR count). The van der Waals surface area contributed by atoms with Crippen LogP contribution in [0.3, 0.4) is 0 Å². The maximum Gasteiger partial charge on any atom is 0.306 e. The fraction of sp³-hybridized carbons (Fsp3) is 0.833. The average molecular weight is 214 g/mol. The zero-order valence-corrected chi connectivity index (χ0v) is 9.29. The van der Waals surface area contributed by atoms with E-state index in [1.54, 1.807) is 0 Å². The molecule has 0 atom stereocenters. The van der Waals surface area contributed by atoms with E-state index in [1.165, 1.54) is 6.42 Å². The number of carboxylic acid groups (broad SMARTS) is 1. The highest BCUT2D eigenvalue weighted by atomic mass is 32.2. The number of hydrogen-bond acceptors (Lipinski definition) is 4. The third-order valence-electron chi connectivity index (χ3n) is 0.388. The van der Waals surface area contributed by atoms with Gasteiger partial charge in [0.25, 0.3) is 0 Å². The Hall–Kier alpha value is 0.520. The van der Waals surface area contributed by atoms with E-state index in [4.69, 9.17) is 5.11 Å². The summed E-state index contributed by atoms with van der Waals surface area (Å²) in [6.45, 7) is 4.25. The molecule has 0 aromatic rings. The minimum atomic E-state index is -0.994. The predicted octanol–water partition coefficient (Wildman–Crippen LogP) is 2.32. The second-order valence-electron chi connectivity index (χ2n) is 2.05. The van der Waals surface area contributed by atoms with Crippen molar-refractivity contribution in [2.75, 3.05) is 0 Å². The van der Waals surface area contributed by atoms with Crippen molar-refractivity contribution in [3.8, 4) is 0 Å². The van der Waals surface area contributed by atoms with Crippen molar-refractivity contribution >= 4 is 43.9 Å². The first-order valence-electron chi connectivity index (χ1n) is 3.22. The maximum atomic E-state index is 9.87. The smallest absolute Gasteiger partial charge is 0.306 e. The van der Waals surface area contributed by atoms with Crippen molar-refractivity contribution in [2.24, 2.45) is 0 Å². The van der Waals surface area contributed by atoms with E-state index >= 15 is 0 Å². The second kappa shape index (κ2) is 7.18. The number of aliphatic carboxylic acids is 1. The predicted molar refractivity (Wildman–Crippen MR) is 57.9 cm³/mol. The molecule has 0 bridgehead atoms. The highest BCUT2D eigenvalue weighted by molar-refractivity contribution is 8.17. The molecule has 2 nitrogen and oxygen atoms in total. The van der Waals surface area contributed by atoms with Crippen LogP contribution in [0.1, 0.15) is 26.7 Å². The van der Waals surface area contributed by atoms with E-state index in [0.29, 0.717) is 0 Å². The van der Waals surface area contributed by atoms with Crippen molar-refractivity contribution < 1.29 is 9.90 Å². The average Bonchev–Trinajstić information content (AvgIpc) is 1.57. The Kier molecular flexibility index (Phi) is 9.19. The van der Waals surface area contributed by atoms with Gasteiger partial charge in [0.15, 0.2) is 0 Å². The molecular weight excluding hydrogens is 200 g/mol. The van der Waals surface area contributed by atoms with Gasteiger partial charge in [-0.05, 0) is 0 Å². The molecule has 0 unspecified atom stereocenters. The third-order valence-corrected chi connectivity index (χ3v) is 0.863. The van der Waals surface area contributed by atoms with E-state index in [2.05, 4.69) is 51.7 Å². The van der Waals surface area contributed by atoms with Gasteiger partial charge in [-0.25, -0.2) is 0 Å². The van der Waals surface area contributed by atoms with Crippen LogP contribution in [0.2, 0.25) is 0 Å². The van der Waals surface area contributed by atoms with E-state index in [9.17, 15) is 4.79 Å². The molecule has 0 aliphatic carbocycles. The number of hydrogen-bond donors (Lipinski definition) is 4. The van der Waals surface area contributed by atoms with Crippen LogP contribution in [0.25, 0.3) is 0 Å². The van der Waals surface area contributed by atoms with Gasteiger partial charge < -0.3 is 5.11 Å². The van der Waals surface area contributed by atoms with Crippen molar-refractivity contribution in [1.82, 2.24) is 0 Å². The van der Waals surface area contributed by atoms with Gasteiger partial charge in [-0.3, -0.25) is 4.79 Å². The van der Waals surface area contributed by atoms with Crippen LogP contribution < -0.4 is 0 Å². The summed E-state index contributed by atoms with van der Waals surface area (Å²) in [5.74, 6) is -0.954. The van der Waals surface area contributed by atoms with Gasteiger partial charge in [-0.15, -0.1) is 0 Å². The zero-order valence-electron chi connectivity index (χ0n) is 6.61. The molecule has 0 aliphatic heterocycles. The first kappa shape index (κ1) is 14.1. The molecule has 0 aliphatic rings. The summed E-state index contributed by atoms with van der Waals surface area (Å²) in [6, 6.07) is 0. The molecule has 0 aromatic carbocycles. The van der Waals surface area contributed by atoms with Crippen molar-refractivity contribution in [3.05, 3.63) is 0 Å². The highest BCUT2D eigenvalue weighted by Gasteiger charge is 2.17. The number of rotatable bonds is 2.